The van der Waals surface area contributed by atoms with E-state index in [0.717, 1.165) is 24.5 Å². The number of rotatable bonds is 7. The topological polar surface area (TPSA) is 66.8 Å². The molecule has 0 radical (unpaired) electrons. The molecule has 2 rings (SSSR count). The summed E-state index contributed by atoms with van der Waals surface area (Å²) in [6, 6.07) is 7.28. The van der Waals surface area contributed by atoms with Crippen LogP contribution in [0.4, 0.5) is 0 Å². The van der Waals surface area contributed by atoms with Gasteiger partial charge in [-0.05, 0) is 36.6 Å². The number of methoxy groups -OCH3 is 1. The van der Waals surface area contributed by atoms with E-state index in [4.69, 9.17) is 9.84 Å². The first-order valence-corrected chi connectivity index (χ1v) is 6.93. The lowest BCUT2D eigenvalue weighted by molar-refractivity contribution is -0.131. The van der Waals surface area contributed by atoms with Crippen molar-refractivity contribution in [2.45, 2.75) is 18.9 Å². The van der Waals surface area contributed by atoms with E-state index in [1.54, 1.807) is 31.4 Å². The molecule has 1 aliphatic rings. The normalized spacial score (nSPS) is 14.3. The predicted molar refractivity (Wildman–Crippen MR) is 79.0 cm³/mol. The lowest BCUT2D eigenvalue weighted by Crippen LogP contribution is -2.35. The molecule has 0 heterocycles. The maximum Gasteiger partial charge on any atom is 0.328 e. The smallest absolute Gasteiger partial charge is 0.328 e. The molecule has 112 valence electrons. The Morgan fingerprint density at radius 1 is 1.33 bits per heavy atom. The summed E-state index contributed by atoms with van der Waals surface area (Å²) in [5, 5.41) is 8.58. The molecule has 1 aromatic rings. The average Bonchev–Trinajstić information content (AvgIpc) is 3.30. The van der Waals surface area contributed by atoms with Crippen LogP contribution in [-0.4, -0.2) is 48.2 Å². The molecule has 21 heavy (non-hydrogen) atoms. The standard InChI is InChI=1S/C16H19NO4/c1-21-11-10-17(14-7-8-14)16(20)13-5-2-12(3-6-13)4-9-15(18)19/h2-6,9,14H,7-8,10-11H2,1H3,(H,18,19). The molecule has 1 N–H and O–H groups in total. The largest absolute Gasteiger partial charge is 0.478 e. The van der Waals surface area contributed by atoms with E-state index in [1.165, 1.54) is 6.08 Å². The van der Waals surface area contributed by atoms with Gasteiger partial charge in [0, 0.05) is 31.3 Å². The van der Waals surface area contributed by atoms with Crippen molar-refractivity contribution in [3.63, 3.8) is 0 Å². The van der Waals surface area contributed by atoms with Gasteiger partial charge in [0.25, 0.3) is 5.91 Å². The molecule has 0 unspecified atom stereocenters. The lowest BCUT2D eigenvalue weighted by Gasteiger charge is -2.22. The van der Waals surface area contributed by atoms with E-state index < -0.39 is 5.97 Å². The van der Waals surface area contributed by atoms with Gasteiger partial charge in [0.2, 0.25) is 0 Å². The molecule has 1 amide bonds. The Morgan fingerprint density at radius 2 is 2.00 bits per heavy atom. The Morgan fingerprint density at radius 3 is 2.52 bits per heavy atom. The van der Waals surface area contributed by atoms with Crippen LogP contribution in [0.3, 0.4) is 0 Å². The Hall–Kier alpha value is -2.14. The van der Waals surface area contributed by atoms with E-state index in [-0.39, 0.29) is 5.91 Å². The highest BCUT2D eigenvalue weighted by Gasteiger charge is 2.32. The second kappa shape index (κ2) is 7.04. The Kier molecular flexibility index (Phi) is 5.11. The van der Waals surface area contributed by atoms with Gasteiger partial charge >= 0.3 is 5.97 Å². The zero-order valence-electron chi connectivity index (χ0n) is 12.0. The number of benzene rings is 1. The molecule has 0 atom stereocenters. The van der Waals surface area contributed by atoms with Gasteiger partial charge in [-0.25, -0.2) is 4.79 Å². The molecule has 0 spiro atoms. The first kappa shape index (κ1) is 15.3. The fraction of sp³-hybridized carbons (Fsp3) is 0.375. The van der Waals surface area contributed by atoms with Crippen molar-refractivity contribution in [3.05, 3.63) is 41.5 Å². The van der Waals surface area contributed by atoms with Crippen LogP contribution >= 0.6 is 0 Å². The van der Waals surface area contributed by atoms with Gasteiger partial charge in [0.1, 0.15) is 0 Å². The van der Waals surface area contributed by atoms with Crippen LogP contribution < -0.4 is 0 Å². The molecule has 0 saturated heterocycles. The number of carboxylic acid groups (broad SMARTS) is 1. The van der Waals surface area contributed by atoms with E-state index in [0.29, 0.717) is 24.8 Å². The van der Waals surface area contributed by atoms with Gasteiger partial charge in [-0.1, -0.05) is 12.1 Å². The fourth-order valence-corrected chi connectivity index (χ4v) is 2.10. The molecular formula is C16H19NO4. The van der Waals surface area contributed by atoms with Gasteiger partial charge in [0.05, 0.1) is 6.61 Å². The Bertz CT molecular complexity index is 532. The SMILES string of the molecule is COCCN(C(=O)c1ccc(C=CC(=O)O)cc1)C1CC1. The summed E-state index contributed by atoms with van der Waals surface area (Å²) in [5.41, 5.74) is 1.37. The predicted octanol–water partition coefficient (Wildman–Crippen LogP) is 2.04. The van der Waals surface area contributed by atoms with Crippen molar-refractivity contribution >= 4 is 18.0 Å². The maximum absolute atomic E-state index is 12.5. The van der Waals surface area contributed by atoms with E-state index in [1.807, 2.05) is 4.90 Å². The highest BCUT2D eigenvalue weighted by atomic mass is 16.5. The van der Waals surface area contributed by atoms with Crippen LogP contribution in [0.5, 0.6) is 0 Å². The van der Waals surface area contributed by atoms with Crippen LogP contribution in [0.1, 0.15) is 28.8 Å². The Balaban J connectivity index is 2.05. The van der Waals surface area contributed by atoms with Gasteiger partial charge in [-0.2, -0.15) is 0 Å². The number of hydrogen-bond acceptors (Lipinski definition) is 3. The number of carbonyl (C=O) groups is 2. The molecular weight excluding hydrogens is 270 g/mol. The number of ether oxygens (including phenoxy) is 1. The molecule has 0 aliphatic heterocycles. The van der Waals surface area contributed by atoms with Crippen molar-refractivity contribution in [2.75, 3.05) is 20.3 Å². The van der Waals surface area contributed by atoms with Gasteiger partial charge in [0.15, 0.2) is 0 Å². The summed E-state index contributed by atoms with van der Waals surface area (Å²) in [6.07, 6.45) is 4.68. The molecule has 1 aromatic carbocycles. The summed E-state index contributed by atoms with van der Waals surface area (Å²) in [6.45, 7) is 1.13. The third kappa shape index (κ3) is 4.43. The Labute approximate surface area is 123 Å². The van der Waals surface area contributed by atoms with E-state index in [9.17, 15) is 9.59 Å². The molecule has 1 saturated carbocycles. The molecule has 0 bridgehead atoms. The van der Waals surface area contributed by atoms with Crippen molar-refractivity contribution < 1.29 is 19.4 Å². The third-order valence-corrected chi connectivity index (χ3v) is 3.36. The number of carboxylic acids is 1. The highest BCUT2D eigenvalue weighted by molar-refractivity contribution is 5.95. The second-order valence-electron chi connectivity index (χ2n) is 5.02. The van der Waals surface area contributed by atoms with Gasteiger partial charge < -0.3 is 14.7 Å². The molecule has 0 aromatic heterocycles. The number of aliphatic carboxylic acids is 1. The van der Waals surface area contributed by atoms with E-state index in [2.05, 4.69) is 0 Å². The minimum atomic E-state index is -0.991. The van der Waals surface area contributed by atoms with Crippen LogP contribution in [0.25, 0.3) is 6.08 Å². The summed E-state index contributed by atoms with van der Waals surface area (Å²) in [7, 11) is 1.62. The summed E-state index contributed by atoms with van der Waals surface area (Å²) < 4.78 is 5.05. The maximum atomic E-state index is 12.5. The van der Waals surface area contributed by atoms with Crippen molar-refractivity contribution in [1.82, 2.24) is 4.90 Å². The monoisotopic (exact) mass is 289 g/mol. The van der Waals surface area contributed by atoms with Crippen LogP contribution in [0, 0.1) is 0 Å². The molecule has 5 heteroatoms. The van der Waals surface area contributed by atoms with Crippen LogP contribution in [0.15, 0.2) is 30.3 Å². The van der Waals surface area contributed by atoms with Crippen molar-refractivity contribution in [3.8, 4) is 0 Å². The number of hydrogen-bond donors (Lipinski definition) is 1. The van der Waals surface area contributed by atoms with Gasteiger partial charge in [-0.3, -0.25) is 4.79 Å². The van der Waals surface area contributed by atoms with Crippen molar-refractivity contribution in [1.29, 1.82) is 0 Å². The number of nitrogens with zero attached hydrogens (tertiary/aromatic N) is 1. The average molecular weight is 289 g/mol. The van der Waals surface area contributed by atoms with Crippen LogP contribution in [0.2, 0.25) is 0 Å². The first-order valence-electron chi connectivity index (χ1n) is 6.93. The van der Waals surface area contributed by atoms with Gasteiger partial charge in [-0.15, -0.1) is 0 Å². The highest BCUT2D eigenvalue weighted by Crippen LogP contribution is 2.28. The second-order valence-corrected chi connectivity index (χ2v) is 5.02. The van der Waals surface area contributed by atoms with Crippen LogP contribution in [-0.2, 0) is 9.53 Å². The summed E-state index contributed by atoms with van der Waals surface area (Å²) in [4.78, 5) is 24.8. The first-order chi connectivity index (χ1) is 10.1. The van der Waals surface area contributed by atoms with Crippen molar-refractivity contribution in [2.24, 2.45) is 0 Å². The zero-order valence-corrected chi connectivity index (χ0v) is 12.0. The number of carbonyl (C=O) groups excluding carboxylic acids is 1. The molecule has 1 fully saturated rings. The minimum Gasteiger partial charge on any atom is -0.478 e. The van der Waals surface area contributed by atoms with E-state index >= 15 is 0 Å². The molecule has 5 nitrogen and oxygen atoms in total. The summed E-state index contributed by atoms with van der Waals surface area (Å²) >= 11 is 0. The number of amides is 1. The fourth-order valence-electron chi connectivity index (χ4n) is 2.10. The lowest BCUT2D eigenvalue weighted by atomic mass is 10.1. The molecule has 1 aliphatic carbocycles. The minimum absolute atomic E-state index is 0.00307. The third-order valence-electron chi connectivity index (χ3n) is 3.36. The summed E-state index contributed by atoms with van der Waals surface area (Å²) in [5.74, 6) is -0.988. The zero-order chi connectivity index (χ0) is 15.2. The quantitative estimate of drug-likeness (QED) is 0.780.